The first kappa shape index (κ1) is 17.1. The van der Waals surface area contributed by atoms with E-state index in [1.165, 1.54) is 0 Å². The van der Waals surface area contributed by atoms with E-state index in [4.69, 9.17) is 0 Å². The Morgan fingerprint density at radius 3 is 1.88 bits per heavy atom. The average Bonchev–Trinajstić information content (AvgIpc) is 2.87. The van der Waals surface area contributed by atoms with Gasteiger partial charge >= 0.3 is 0 Å². The molecule has 0 fully saturated rings. The highest BCUT2D eigenvalue weighted by Gasteiger charge is 2.22. The van der Waals surface area contributed by atoms with Crippen LogP contribution in [-0.2, 0) is 0 Å². The minimum absolute atomic E-state index is 0.884. The molecule has 0 bridgehead atoms. The lowest BCUT2D eigenvalue weighted by molar-refractivity contribution is 1.29. The highest BCUT2D eigenvalue weighted by Crippen LogP contribution is 2.47. The van der Waals surface area contributed by atoms with Crippen molar-refractivity contribution in [3.05, 3.63) is 85.5 Å². The van der Waals surface area contributed by atoms with E-state index >= 15 is 0 Å². The van der Waals surface area contributed by atoms with Gasteiger partial charge in [0, 0.05) is 35.6 Å². The van der Waals surface area contributed by atoms with Crippen molar-refractivity contribution in [2.75, 3.05) is 10.6 Å². The lowest BCUT2D eigenvalue weighted by Gasteiger charge is -2.26. The highest BCUT2D eigenvalue weighted by molar-refractivity contribution is 6.20. The van der Waals surface area contributed by atoms with Crippen molar-refractivity contribution in [3.63, 3.8) is 0 Å². The van der Waals surface area contributed by atoms with Crippen LogP contribution in [0.3, 0.4) is 0 Å². The average molecular weight is 412 g/mol. The number of rotatable bonds is 1. The first-order valence-corrected chi connectivity index (χ1v) is 10.4. The van der Waals surface area contributed by atoms with Crippen LogP contribution in [0.1, 0.15) is 0 Å². The number of fused-ring (bicyclic) bond motifs is 8. The molecule has 32 heavy (non-hydrogen) atoms. The minimum Gasteiger partial charge on any atom is -0.352 e. The monoisotopic (exact) mass is 412 g/mol. The van der Waals surface area contributed by atoms with Crippen LogP contribution >= 0.6 is 0 Å². The van der Waals surface area contributed by atoms with E-state index < -0.39 is 0 Å². The predicted molar refractivity (Wildman–Crippen MR) is 129 cm³/mol. The van der Waals surface area contributed by atoms with Gasteiger partial charge in [0.15, 0.2) is 0 Å². The second kappa shape index (κ2) is 6.46. The maximum Gasteiger partial charge on any atom is 0.0987 e. The molecule has 6 nitrogen and oxygen atoms in total. The molecule has 0 radical (unpaired) electrons. The molecular weight excluding hydrogens is 396 g/mol. The van der Waals surface area contributed by atoms with Crippen LogP contribution in [0, 0.1) is 0 Å². The van der Waals surface area contributed by atoms with Gasteiger partial charge in [-0.3, -0.25) is 19.9 Å². The summed E-state index contributed by atoms with van der Waals surface area (Å²) in [5.41, 5.74) is 9.85. The Hall–Kier alpha value is -4.58. The maximum absolute atomic E-state index is 4.62. The van der Waals surface area contributed by atoms with Crippen LogP contribution in [0.15, 0.2) is 85.5 Å². The van der Waals surface area contributed by atoms with Crippen LogP contribution in [-0.4, -0.2) is 19.9 Å². The number of pyridine rings is 2. The van der Waals surface area contributed by atoms with Gasteiger partial charge in [0.1, 0.15) is 0 Å². The summed E-state index contributed by atoms with van der Waals surface area (Å²) in [6.07, 6.45) is 7.06. The van der Waals surface area contributed by atoms with E-state index in [2.05, 4.69) is 73.0 Å². The fourth-order valence-electron chi connectivity index (χ4n) is 4.47. The first-order valence-electron chi connectivity index (χ1n) is 10.4. The summed E-state index contributed by atoms with van der Waals surface area (Å²) >= 11 is 0. The molecule has 6 heteroatoms. The van der Waals surface area contributed by atoms with Crippen LogP contribution < -0.4 is 10.6 Å². The summed E-state index contributed by atoms with van der Waals surface area (Å²) in [6.45, 7) is 0. The molecule has 0 saturated heterocycles. The SMILES string of the molecule is c1cnc2c(c1)c1c(c3cccnc32)Nc2cc(-c3ccc4nccnc4c3)ccc2N1. The number of nitrogens with one attached hydrogen (secondary N) is 2. The summed E-state index contributed by atoms with van der Waals surface area (Å²) in [4.78, 5) is 18.0. The lowest BCUT2D eigenvalue weighted by Crippen LogP contribution is -2.08. The summed E-state index contributed by atoms with van der Waals surface area (Å²) in [5, 5.41) is 9.38. The van der Waals surface area contributed by atoms with Crippen molar-refractivity contribution in [3.8, 4) is 11.1 Å². The van der Waals surface area contributed by atoms with Crippen molar-refractivity contribution >= 4 is 55.6 Å². The van der Waals surface area contributed by atoms with Gasteiger partial charge in [0.2, 0.25) is 0 Å². The number of anilines is 4. The fraction of sp³-hybridized carbons (Fsp3) is 0. The van der Waals surface area contributed by atoms with E-state index in [1.54, 1.807) is 12.4 Å². The van der Waals surface area contributed by atoms with Gasteiger partial charge in [-0.15, -0.1) is 0 Å². The zero-order valence-corrected chi connectivity index (χ0v) is 16.9. The summed E-state index contributed by atoms with van der Waals surface area (Å²) in [7, 11) is 0. The number of aromatic nitrogens is 4. The Morgan fingerprint density at radius 2 is 1.12 bits per heavy atom. The molecule has 0 aliphatic carbocycles. The molecule has 2 N–H and O–H groups in total. The quantitative estimate of drug-likeness (QED) is 0.313. The summed E-state index contributed by atoms with van der Waals surface area (Å²) < 4.78 is 0. The standard InChI is InChI=1S/C26H16N6/c1-3-17-23(29-9-1)24-18(4-2-10-30-24)26-25(17)31-20-8-6-16(14-22(20)32-26)15-5-7-19-21(13-15)28-12-11-27-19/h1-14,31-32H. The molecule has 4 heterocycles. The zero-order valence-electron chi connectivity index (χ0n) is 16.9. The fourth-order valence-corrected chi connectivity index (χ4v) is 4.47. The molecule has 0 spiro atoms. The molecule has 6 aromatic rings. The molecule has 0 saturated carbocycles. The second-order valence-electron chi connectivity index (χ2n) is 7.82. The Kier molecular flexibility index (Phi) is 3.46. The number of benzene rings is 3. The first-order chi connectivity index (χ1) is 15.8. The molecular formula is C26H16N6. The van der Waals surface area contributed by atoms with Crippen molar-refractivity contribution < 1.29 is 0 Å². The molecule has 150 valence electrons. The van der Waals surface area contributed by atoms with Gasteiger partial charge in [-0.05, 0) is 59.7 Å². The molecule has 7 rings (SSSR count). The Morgan fingerprint density at radius 1 is 0.500 bits per heavy atom. The second-order valence-corrected chi connectivity index (χ2v) is 7.82. The Bertz CT molecular complexity index is 1690. The number of hydrogen-bond donors (Lipinski definition) is 2. The van der Waals surface area contributed by atoms with Crippen LogP contribution in [0.5, 0.6) is 0 Å². The van der Waals surface area contributed by atoms with Crippen LogP contribution in [0.4, 0.5) is 22.7 Å². The van der Waals surface area contributed by atoms with E-state index in [-0.39, 0.29) is 0 Å². The van der Waals surface area contributed by atoms with Gasteiger partial charge in [-0.2, -0.15) is 0 Å². The zero-order chi connectivity index (χ0) is 21.1. The van der Waals surface area contributed by atoms with Gasteiger partial charge < -0.3 is 10.6 Å². The topological polar surface area (TPSA) is 75.6 Å². The third-order valence-corrected chi connectivity index (χ3v) is 5.97. The molecule has 1 aliphatic heterocycles. The van der Waals surface area contributed by atoms with Crippen molar-refractivity contribution in [1.29, 1.82) is 0 Å². The van der Waals surface area contributed by atoms with E-state index in [0.717, 1.165) is 66.7 Å². The molecule has 3 aromatic heterocycles. The van der Waals surface area contributed by atoms with Gasteiger partial charge in [-0.1, -0.05) is 12.1 Å². The highest BCUT2D eigenvalue weighted by atomic mass is 15.0. The molecule has 0 unspecified atom stereocenters. The Balaban J connectivity index is 1.40. The maximum atomic E-state index is 4.62. The lowest BCUT2D eigenvalue weighted by atomic mass is 9.99. The predicted octanol–water partition coefficient (Wildman–Crippen LogP) is 6.19. The minimum atomic E-state index is 0.884. The van der Waals surface area contributed by atoms with Gasteiger partial charge in [0.25, 0.3) is 0 Å². The van der Waals surface area contributed by atoms with Crippen molar-refractivity contribution in [1.82, 2.24) is 19.9 Å². The van der Waals surface area contributed by atoms with E-state index in [9.17, 15) is 0 Å². The molecule has 0 amide bonds. The van der Waals surface area contributed by atoms with Crippen molar-refractivity contribution in [2.45, 2.75) is 0 Å². The van der Waals surface area contributed by atoms with Gasteiger partial charge in [-0.25, -0.2) is 0 Å². The molecule has 1 aliphatic rings. The van der Waals surface area contributed by atoms with Gasteiger partial charge in [0.05, 0.1) is 44.8 Å². The number of hydrogen-bond acceptors (Lipinski definition) is 6. The third-order valence-electron chi connectivity index (χ3n) is 5.97. The van der Waals surface area contributed by atoms with Crippen LogP contribution in [0.25, 0.3) is 44.0 Å². The summed E-state index contributed by atoms with van der Waals surface area (Å²) in [5.74, 6) is 0. The molecule has 0 atom stereocenters. The normalized spacial score (nSPS) is 12.2. The Labute approximate surface area is 183 Å². The third kappa shape index (κ3) is 2.46. The smallest absolute Gasteiger partial charge is 0.0987 e. The summed E-state index contributed by atoms with van der Waals surface area (Å²) in [6, 6.07) is 20.7. The molecule has 3 aromatic carbocycles. The largest absolute Gasteiger partial charge is 0.352 e. The number of nitrogens with zero attached hydrogens (tertiary/aromatic N) is 4. The van der Waals surface area contributed by atoms with E-state index in [0.29, 0.717) is 0 Å². The van der Waals surface area contributed by atoms with E-state index in [1.807, 2.05) is 30.6 Å². The van der Waals surface area contributed by atoms with Crippen LogP contribution in [0.2, 0.25) is 0 Å². The van der Waals surface area contributed by atoms with Crippen molar-refractivity contribution in [2.24, 2.45) is 0 Å².